The Morgan fingerprint density at radius 3 is 2.58 bits per heavy atom. The maximum absolute atomic E-state index is 13.2. The fourth-order valence-corrected chi connectivity index (χ4v) is 5.16. The average molecular weight is 368 g/mol. The number of aromatic nitrogens is 2. The first kappa shape index (κ1) is 17.3. The van der Waals surface area contributed by atoms with Gasteiger partial charge in [-0.25, -0.2) is 4.68 Å². The van der Waals surface area contributed by atoms with Gasteiger partial charge in [0.1, 0.15) is 4.83 Å². The van der Waals surface area contributed by atoms with Gasteiger partial charge in [-0.1, -0.05) is 12.1 Å². The third kappa shape index (κ3) is 2.84. The van der Waals surface area contributed by atoms with Crippen molar-refractivity contribution >= 4 is 27.5 Å². The van der Waals surface area contributed by atoms with Gasteiger partial charge in [-0.15, -0.1) is 11.3 Å². The van der Waals surface area contributed by atoms with Gasteiger partial charge in [0.25, 0.3) is 5.91 Å². The van der Waals surface area contributed by atoms with E-state index in [1.54, 1.807) is 11.3 Å². The predicted octanol–water partition coefficient (Wildman–Crippen LogP) is 5.11. The van der Waals surface area contributed by atoms with Gasteiger partial charge in [0.2, 0.25) is 0 Å². The smallest absolute Gasteiger partial charge is 0.264 e. The van der Waals surface area contributed by atoms with Crippen molar-refractivity contribution in [1.29, 1.82) is 0 Å². The van der Waals surface area contributed by atoms with Crippen molar-refractivity contribution < 1.29 is 4.79 Å². The van der Waals surface area contributed by atoms with Crippen LogP contribution in [-0.2, 0) is 0 Å². The van der Waals surface area contributed by atoms with Crippen LogP contribution in [0, 0.1) is 13.8 Å². The van der Waals surface area contributed by atoms with Crippen molar-refractivity contribution in [3.05, 3.63) is 46.5 Å². The quantitative estimate of drug-likeness (QED) is 0.631. The summed E-state index contributed by atoms with van der Waals surface area (Å²) in [5.41, 5.74) is 3.22. The molecule has 3 aromatic rings. The van der Waals surface area contributed by atoms with Gasteiger partial charge in [-0.3, -0.25) is 4.79 Å². The van der Waals surface area contributed by atoms with E-state index in [1.165, 1.54) is 12.0 Å². The average Bonchev–Trinajstić information content (AvgIpc) is 3.15. The van der Waals surface area contributed by atoms with Gasteiger partial charge < -0.3 is 4.90 Å². The second kappa shape index (κ2) is 6.54. The molecule has 2 unspecified atom stereocenters. The lowest BCUT2D eigenvalue weighted by Crippen LogP contribution is -2.47. The summed E-state index contributed by atoms with van der Waals surface area (Å²) < 4.78 is 1.97. The number of benzene rings is 1. The summed E-state index contributed by atoms with van der Waals surface area (Å²) in [6, 6.07) is 11.0. The van der Waals surface area contributed by atoms with Crippen LogP contribution in [0.2, 0.25) is 0 Å². The minimum absolute atomic E-state index is 0.168. The van der Waals surface area contributed by atoms with Crippen LogP contribution in [0.15, 0.2) is 30.3 Å². The summed E-state index contributed by atoms with van der Waals surface area (Å²) >= 11 is 1.56. The molecule has 0 bridgehead atoms. The van der Waals surface area contributed by atoms with E-state index in [0.717, 1.165) is 39.3 Å². The summed E-state index contributed by atoms with van der Waals surface area (Å²) in [4.78, 5) is 17.2. The summed E-state index contributed by atoms with van der Waals surface area (Å²) in [6.07, 6.45) is 3.40. The molecule has 0 spiro atoms. The number of carbonyl (C=O) groups excluding carboxylic acids is 1. The lowest BCUT2D eigenvalue weighted by molar-refractivity contribution is 0.0516. The molecule has 0 N–H and O–H groups in total. The van der Waals surface area contributed by atoms with Crippen LogP contribution in [0.3, 0.4) is 0 Å². The molecule has 4 rings (SSSR count). The topological polar surface area (TPSA) is 38.1 Å². The Bertz CT molecular complexity index is 961. The van der Waals surface area contributed by atoms with Gasteiger partial charge >= 0.3 is 0 Å². The van der Waals surface area contributed by atoms with Crippen molar-refractivity contribution in [3.63, 3.8) is 0 Å². The number of rotatable bonds is 2. The standard InChI is InChI=1S/C21H25N3OS/c1-13-7-5-10-17(11-13)24-21-18(16(4)22-24)12-19(26-21)20(25)23-14(2)8-6-9-15(23)3/h5,7,10-12,14-15H,6,8-9H2,1-4H3. The number of hydrogen-bond acceptors (Lipinski definition) is 3. The fraction of sp³-hybridized carbons (Fsp3) is 0.429. The minimum atomic E-state index is 0.168. The van der Waals surface area contributed by atoms with E-state index in [9.17, 15) is 4.79 Å². The highest BCUT2D eigenvalue weighted by Crippen LogP contribution is 2.33. The number of likely N-dealkylation sites (tertiary alicyclic amines) is 1. The van der Waals surface area contributed by atoms with Gasteiger partial charge in [0.15, 0.2) is 0 Å². The van der Waals surface area contributed by atoms with Crippen molar-refractivity contribution in [1.82, 2.24) is 14.7 Å². The predicted molar refractivity (Wildman–Crippen MR) is 107 cm³/mol. The molecular formula is C21H25N3OS. The van der Waals surface area contributed by atoms with E-state index in [-0.39, 0.29) is 5.91 Å². The Morgan fingerprint density at radius 2 is 1.88 bits per heavy atom. The van der Waals surface area contributed by atoms with E-state index in [2.05, 4.69) is 43.9 Å². The van der Waals surface area contributed by atoms with Crippen LogP contribution < -0.4 is 0 Å². The summed E-state index contributed by atoms with van der Waals surface area (Å²) in [7, 11) is 0. The van der Waals surface area contributed by atoms with Gasteiger partial charge in [0.05, 0.1) is 16.3 Å². The zero-order valence-electron chi connectivity index (χ0n) is 15.8. The van der Waals surface area contributed by atoms with Crippen LogP contribution in [0.25, 0.3) is 15.9 Å². The van der Waals surface area contributed by atoms with Gasteiger partial charge in [-0.2, -0.15) is 5.10 Å². The first-order chi connectivity index (χ1) is 12.5. The van der Waals surface area contributed by atoms with Crippen molar-refractivity contribution in [2.75, 3.05) is 0 Å². The molecule has 2 atom stereocenters. The number of amides is 1. The molecule has 3 heterocycles. The molecule has 1 aliphatic heterocycles. The Labute approximate surface area is 158 Å². The first-order valence-corrected chi connectivity index (χ1v) is 10.2. The lowest BCUT2D eigenvalue weighted by atomic mass is 9.97. The Morgan fingerprint density at radius 1 is 1.15 bits per heavy atom. The molecule has 0 aliphatic carbocycles. The number of nitrogens with zero attached hydrogens (tertiary/aromatic N) is 3. The van der Waals surface area contributed by atoms with Gasteiger partial charge in [0, 0.05) is 17.5 Å². The molecule has 1 fully saturated rings. The number of carbonyl (C=O) groups is 1. The molecule has 1 aliphatic rings. The zero-order chi connectivity index (χ0) is 18.4. The highest BCUT2D eigenvalue weighted by Gasteiger charge is 2.31. The Balaban J connectivity index is 1.76. The zero-order valence-corrected chi connectivity index (χ0v) is 16.6. The molecule has 4 nitrogen and oxygen atoms in total. The third-order valence-electron chi connectivity index (χ3n) is 5.43. The van der Waals surface area contributed by atoms with Crippen LogP contribution in [0.5, 0.6) is 0 Å². The highest BCUT2D eigenvalue weighted by molar-refractivity contribution is 7.20. The summed E-state index contributed by atoms with van der Waals surface area (Å²) in [5.74, 6) is 0.168. The normalized spacial score (nSPS) is 20.7. The molecule has 0 radical (unpaired) electrons. The second-order valence-corrected chi connectivity index (χ2v) is 8.54. The van der Waals surface area contributed by atoms with Crippen LogP contribution in [0.4, 0.5) is 0 Å². The number of aryl methyl sites for hydroxylation is 2. The van der Waals surface area contributed by atoms with Gasteiger partial charge in [-0.05, 0) is 70.7 Å². The Kier molecular flexibility index (Phi) is 4.35. The molecule has 5 heteroatoms. The molecule has 26 heavy (non-hydrogen) atoms. The fourth-order valence-electron chi connectivity index (χ4n) is 4.04. The molecule has 1 aromatic carbocycles. The summed E-state index contributed by atoms with van der Waals surface area (Å²) in [5, 5.41) is 5.79. The number of piperidine rings is 1. The SMILES string of the molecule is Cc1cccc(-n2nc(C)c3cc(C(=O)N4C(C)CCCC4C)sc32)c1. The van der Waals surface area contributed by atoms with Crippen LogP contribution in [-0.4, -0.2) is 32.7 Å². The van der Waals surface area contributed by atoms with E-state index < -0.39 is 0 Å². The maximum atomic E-state index is 13.2. The number of fused-ring (bicyclic) bond motifs is 1. The first-order valence-electron chi connectivity index (χ1n) is 9.34. The van der Waals surface area contributed by atoms with E-state index in [0.29, 0.717) is 12.1 Å². The highest BCUT2D eigenvalue weighted by atomic mass is 32.1. The van der Waals surface area contributed by atoms with Crippen molar-refractivity contribution in [2.24, 2.45) is 0 Å². The van der Waals surface area contributed by atoms with E-state index in [4.69, 9.17) is 5.10 Å². The molecule has 1 saturated heterocycles. The molecule has 1 amide bonds. The Hall–Kier alpha value is -2.14. The third-order valence-corrected chi connectivity index (χ3v) is 6.53. The molecule has 2 aromatic heterocycles. The van der Waals surface area contributed by atoms with E-state index in [1.807, 2.05) is 23.7 Å². The van der Waals surface area contributed by atoms with Crippen LogP contribution in [0.1, 0.15) is 54.0 Å². The van der Waals surface area contributed by atoms with E-state index >= 15 is 0 Å². The largest absolute Gasteiger partial charge is 0.333 e. The summed E-state index contributed by atoms with van der Waals surface area (Å²) in [6.45, 7) is 8.43. The van der Waals surface area contributed by atoms with Crippen LogP contribution >= 0.6 is 11.3 Å². The van der Waals surface area contributed by atoms with Crippen molar-refractivity contribution in [3.8, 4) is 5.69 Å². The van der Waals surface area contributed by atoms with Crippen molar-refractivity contribution in [2.45, 2.75) is 59.0 Å². The molecular weight excluding hydrogens is 342 g/mol. The molecule has 136 valence electrons. The lowest BCUT2D eigenvalue weighted by Gasteiger charge is -2.38. The number of hydrogen-bond donors (Lipinski definition) is 0. The monoisotopic (exact) mass is 367 g/mol. The minimum Gasteiger partial charge on any atom is -0.333 e. The molecule has 0 saturated carbocycles. The second-order valence-electron chi connectivity index (χ2n) is 7.51. The maximum Gasteiger partial charge on any atom is 0.264 e. The number of thiophene rings is 1.